The number of hydrogen-bond donors (Lipinski definition) is 2. The molecule has 4 nitrogen and oxygen atoms in total. The van der Waals surface area contributed by atoms with Crippen molar-refractivity contribution in [3.63, 3.8) is 0 Å². The maximum Gasteiger partial charge on any atom is 0.217 e. The summed E-state index contributed by atoms with van der Waals surface area (Å²) in [5, 5.41) is 13.0. The molecule has 1 amide bonds. The lowest BCUT2D eigenvalue weighted by atomic mass is 9.88. The molecule has 1 rings (SSSR count). The van der Waals surface area contributed by atoms with Gasteiger partial charge in [-0.3, -0.25) is 4.79 Å². The van der Waals surface area contributed by atoms with Crippen LogP contribution in [0.4, 0.5) is 0 Å². The number of nitrogens with one attached hydrogen (secondary N) is 1. The number of nitrogens with zero attached hydrogens (tertiary/aromatic N) is 1. The first-order valence-electron chi connectivity index (χ1n) is 7.09. The quantitative estimate of drug-likeness (QED) is 0.778. The summed E-state index contributed by atoms with van der Waals surface area (Å²) in [4.78, 5) is 13.6. The minimum atomic E-state index is -0.253. The van der Waals surface area contributed by atoms with Crippen LogP contribution in [0.25, 0.3) is 0 Å². The monoisotopic (exact) mass is 256 g/mol. The predicted molar refractivity (Wildman–Crippen MR) is 73.3 cm³/mol. The average Bonchev–Trinajstić information content (AvgIpc) is 2.25. The third-order valence-corrected chi connectivity index (χ3v) is 3.55. The number of hydrogen-bond acceptors (Lipinski definition) is 3. The van der Waals surface area contributed by atoms with Crippen LogP contribution in [-0.2, 0) is 4.79 Å². The Morgan fingerprint density at radius 2 is 2.11 bits per heavy atom. The normalized spacial score (nSPS) is 27.2. The Hall–Kier alpha value is -0.610. The molecule has 18 heavy (non-hydrogen) atoms. The maximum absolute atomic E-state index is 11.2. The Kier molecular flexibility index (Phi) is 6.09. The van der Waals surface area contributed by atoms with Gasteiger partial charge in [-0.05, 0) is 24.7 Å². The minimum Gasteiger partial charge on any atom is -0.393 e. The van der Waals surface area contributed by atoms with Gasteiger partial charge in [-0.2, -0.15) is 0 Å². The summed E-state index contributed by atoms with van der Waals surface area (Å²) in [5.41, 5.74) is 0. The van der Waals surface area contributed by atoms with E-state index in [9.17, 15) is 9.90 Å². The molecule has 0 aromatic heterocycles. The summed E-state index contributed by atoms with van der Waals surface area (Å²) in [6.07, 6.45) is 1.42. The molecule has 0 aromatic carbocycles. The van der Waals surface area contributed by atoms with E-state index in [-0.39, 0.29) is 24.0 Å². The van der Waals surface area contributed by atoms with Crippen LogP contribution in [0.5, 0.6) is 0 Å². The van der Waals surface area contributed by atoms with E-state index in [0.29, 0.717) is 5.92 Å². The van der Waals surface area contributed by atoms with Gasteiger partial charge in [0.25, 0.3) is 0 Å². The molecule has 1 fully saturated rings. The molecule has 106 valence electrons. The lowest BCUT2D eigenvalue weighted by Crippen LogP contribution is -2.53. The van der Waals surface area contributed by atoms with Gasteiger partial charge in [0.2, 0.25) is 5.91 Å². The molecule has 1 aliphatic heterocycles. The number of piperidine rings is 1. The van der Waals surface area contributed by atoms with E-state index >= 15 is 0 Å². The summed E-state index contributed by atoms with van der Waals surface area (Å²) in [6.45, 7) is 10.9. The fraction of sp³-hybridized carbons (Fsp3) is 0.929. The maximum atomic E-state index is 11.2. The molecule has 0 bridgehead atoms. The molecule has 1 aliphatic rings. The average molecular weight is 256 g/mol. The van der Waals surface area contributed by atoms with E-state index in [0.717, 1.165) is 32.5 Å². The Balaban J connectivity index is 2.62. The smallest absolute Gasteiger partial charge is 0.217 e. The molecule has 0 saturated carbocycles. The third kappa shape index (κ3) is 4.94. The Morgan fingerprint density at radius 3 is 2.61 bits per heavy atom. The highest BCUT2D eigenvalue weighted by Crippen LogP contribution is 2.22. The molecule has 1 saturated heterocycles. The number of likely N-dealkylation sites (tertiary alicyclic amines) is 1. The number of carbonyl (C=O) groups is 1. The third-order valence-electron chi connectivity index (χ3n) is 3.55. The largest absolute Gasteiger partial charge is 0.393 e. The van der Waals surface area contributed by atoms with Gasteiger partial charge in [0.1, 0.15) is 0 Å². The van der Waals surface area contributed by atoms with Gasteiger partial charge in [-0.25, -0.2) is 0 Å². The lowest BCUT2D eigenvalue weighted by Gasteiger charge is -2.40. The molecular weight excluding hydrogens is 228 g/mol. The zero-order valence-electron chi connectivity index (χ0n) is 12.1. The van der Waals surface area contributed by atoms with Crippen molar-refractivity contribution in [2.24, 2.45) is 11.8 Å². The first-order valence-corrected chi connectivity index (χ1v) is 7.09. The topological polar surface area (TPSA) is 52.6 Å². The summed E-state index contributed by atoms with van der Waals surface area (Å²) < 4.78 is 0. The van der Waals surface area contributed by atoms with Crippen molar-refractivity contribution in [1.29, 1.82) is 0 Å². The van der Waals surface area contributed by atoms with Crippen molar-refractivity contribution in [1.82, 2.24) is 10.2 Å². The van der Waals surface area contributed by atoms with Gasteiger partial charge in [0.15, 0.2) is 0 Å². The van der Waals surface area contributed by atoms with Crippen molar-refractivity contribution in [3.05, 3.63) is 0 Å². The first-order chi connectivity index (χ1) is 8.42. The van der Waals surface area contributed by atoms with Crippen LogP contribution >= 0.6 is 0 Å². The zero-order chi connectivity index (χ0) is 13.7. The van der Waals surface area contributed by atoms with Crippen LogP contribution in [0, 0.1) is 11.8 Å². The second-order valence-electron chi connectivity index (χ2n) is 5.98. The van der Waals surface area contributed by atoms with Gasteiger partial charge in [0, 0.05) is 32.6 Å². The van der Waals surface area contributed by atoms with Crippen molar-refractivity contribution in [3.8, 4) is 0 Å². The molecule has 3 unspecified atom stereocenters. The van der Waals surface area contributed by atoms with Crippen LogP contribution in [0.15, 0.2) is 0 Å². The molecule has 2 N–H and O–H groups in total. The highest BCUT2D eigenvalue weighted by Gasteiger charge is 2.31. The fourth-order valence-corrected chi connectivity index (χ4v) is 2.90. The fourth-order valence-electron chi connectivity index (χ4n) is 2.90. The number of amides is 1. The van der Waals surface area contributed by atoms with E-state index in [1.165, 1.54) is 0 Å². The van der Waals surface area contributed by atoms with Gasteiger partial charge in [-0.1, -0.05) is 20.8 Å². The van der Waals surface area contributed by atoms with Gasteiger partial charge < -0.3 is 15.3 Å². The van der Waals surface area contributed by atoms with Crippen molar-refractivity contribution in [2.45, 2.75) is 52.7 Å². The van der Waals surface area contributed by atoms with Gasteiger partial charge in [-0.15, -0.1) is 0 Å². The molecule has 0 spiro atoms. The molecule has 1 heterocycles. The number of carbonyl (C=O) groups excluding carboxylic acids is 1. The van der Waals surface area contributed by atoms with E-state index in [4.69, 9.17) is 0 Å². The van der Waals surface area contributed by atoms with Gasteiger partial charge >= 0.3 is 0 Å². The summed E-state index contributed by atoms with van der Waals surface area (Å²) >= 11 is 0. The molecule has 3 atom stereocenters. The molecule has 0 radical (unpaired) electrons. The highest BCUT2D eigenvalue weighted by molar-refractivity contribution is 5.73. The molecular formula is C14H28N2O2. The van der Waals surface area contributed by atoms with Crippen LogP contribution in [0.2, 0.25) is 0 Å². The van der Waals surface area contributed by atoms with Crippen molar-refractivity contribution < 1.29 is 9.90 Å². The molecule has 4 heteroatoms. The summed E-state index contributed by atoms with van der Waals surface area (Å²) in [6, 6.07) is 0.182. The van der Waals surface area contributed by atoms with Crippen molar-refractivity contribution >= 4 is 5.91 Å². The van der Waals surface area contributed by atoms with E-state index in [1.807, 2.05) is 6.92 Å². The van der Waals surface area contributed by atoms with Crippen LogP contribution in [-0.4, -0.2) is 47.7 Å². The number of rotatable bonds is 5. The standard InChI is InChI=1S/C14H28N2O2/c1-5-14(18)12-6-13(15-11(4)17)9-16(8-12)7-10(2)3/h10,12-14,18H,5-9H2,1-4H3,(H,15,17). The number of aliphatic hydroxyl groups excluding tert-OH is 1. The summed E-state index contributed by atoms with van der Waals surface area (Å²) in [5.74, 6) is 0.913. The minimum absolute atomic E-state index is 0.0242. The lowest BCUT2D eigenvalue weighted by molar-refractivity contribution is -0.120. The zero-order valence-corrected chi connectivity index (χ0v) is 12.1. The van der Waals surface area contributed by atoms with Crippen LogP contribution in [0.3, 0.4) is 0 Å². The second-order valence-corrected chi connectivity index (χ2v) is 5.98. The van der Waals surface area contributed by atoms with E-state index in [2.05, 4.69) is 24.1 Å². The SMILES string of the molecule is CCC(O)C1CC(NC(C)=O)CN(CC(C)C)C1. The van der Waals surface area contributed by atoms with E-state index in [1.54, 1.807) is 6.92 Å². The summed E-state index contributed by atoms with van der Waals surface area (Å²) in [7, 11) is 0. The van der Waals surface area contributed by atoms with E-state index < -0.39 is 0 Å². The molecule has 0 aliphatic carbocycles. The van der Waals surface area contributed by atoms with Gasteiger partial charge in [0.05, 0.1) is 6.10 Å². The number of aliphatic hydroxyl groups is 1. The van der Waals surface area contributed by atoms with Crippen LogP contribution < -0.4 is 5.32 Å². The predicted octanol–water partition coefficient (Wildman–Crippen LogP) is 1.24. The molecule has 0 aromatic rings. The first kappa shape index (κ1) is 15.4. The van der Waals surface area contributed by atoms with Crippen molar-refractivity contribution in [2.75, 3.05) is 19.6 Å². The Labute approximate surface area is 111 Å². The van der Waals surface area contributed by atoms with Crippen LogP contribution in [0.1, 0.15) is 40.5 Å². The Bertz CT molecular complexity index is 269. The highest BCUT2D eigenvalue weighted by atomic mass is 16.3. The second kappa shape index (κ2) is 7.10. The Morgan fingerprint density at radius 1 is 1.44 bits per heavy atom.